The van der Waals surface area contributed by atoms with Gasteiger partial charge in [0.2, 0.25) is 0 Å². The summed E-state index contributed by atoms with van der Waals surface area (Å²) in [5.41, 5.74) is 8.22. The molecule has 0 saturated carbocycles. The highest BCUT2D eigenvalue weighted by Gasteiger charge is 2.10. The summed E-state index contributed by atoms with van der Waals surface area (Å²) in [4.78, 5) is 0. The van der Waals surface area contributed by atoms with Gasteiger partial charge in [0, 0.05) is 11.8 Å². The quantitative estimate of drug-likeness (QED) is 0.846. The monoisotopic (exact) mass is 268 g/mol. The predicted molar refractivity (Wildman–Crippen MR) is 77.5 cm³/mol. The van der Waals surface area contributed by atoms with Gasteiger partial charge in [0.15, 0.2) is 11.5 Å². The molecule has 102 valence electrons. The van der Waals surface area contributed by atoms with Crippen LogP contribution in [0, 0.1) is 11.3 Å². The first-order valence-corrected chi connectivity index (χ1v) is 6.24. The molecule has 0 aliphatic carbocycles. The first-order valence-electron chi connectivity index (χ1n) is 6.24. The van der Waals surface area contributed by atoms with Crippen LogP contribution >= 0.6 is 0 Å². The average molecular weight is 268 g/mol. The standard InChI is InChI=1S/C16H16N2O2/c1-19-15-10-14(18)13(7-8-17)9-16(15)20-11-12-5-3-2-4-6-12/h2-6,9-10H,7,11,18H2,1H3. The Balaban J connectivity index is 2.21. The van der Waals surface area contributed by atoms with Crippen LogP contribution in [0.5, 0.6) is 11.5 Å². The summed E-state index contributed by atoms with van der Waals surface area (Å²) in [6.07, 6.45) is 0.248. The number of ether oxygens (including phenoxy) is 2. The Bertz CT molecular complexity index is 618. The lowest BCUT2D eigenvalue weighted by Gasteiger charge is -2.13. The summed E-state index contributed by atoms with van der Waals surface area (Å²) in [5, 5.41) is 8.79. The summed E-state index contributed by atoms with van der Waals surface area (Å²) < 4.78 is 11.0. The van der Waals surface area contributed by atoms with Gasteiger partial charge in [-0.1, -0.05) is 30.3 Å². The fourth-order valence-electron chi connectivity index (χ4n) is 1.86. The minimum absolute atomic E-state index is 0.248. The molecule has 4 nitrogen and oxygen atoms in total. The number of nitriles is 1. The number of benzene rings is 2. The minimum Gasteiger partial charge on any atom is -0.493 e. The maximum absolute atomic E-state index is 8.79. The van der Waals surface area contributed by atoms with Gasteiger partial charge in [-0.25, -0.2) is 0 Å². The van der Waals surface area contributed by atoms with Crippen molar-refractivity contribution in [3.63, 3.8) is 0 Å². The summed E-state index contributed by atoms with van der Waals surface area (Å²) in [6.45, 7) is 0.438. The summed E-state index contributed by atoms with van der Waals surface area (Å²) in [6, 6.07) is 15.4. The SMILES string of the molecule is COc1cc(N)c(CC#N)cc1OCc1ccccc1. The van der Waals surface area contributed by atoms with E-state index in [1.54, 1.807) is 19.2 Å². The van der Waals surface area contributed by atoms with Gasteiger partial charge in [-0.05, 0) is 17.2 Å². The highest BCUT2D eigenvalue weighted by molar-refractivity contribution is 5.58. The molecule has 2 aromatic rings. The van der Waals surface area contributed by atoms with Crippen LogP contribution in [0.25, 0.3) is 0 Å². The summed E-state index contributed by atoms with van der Waals surface area (Å²) >= 11 is 0. The van der Waals surface area contributed by atoms with Crippen molar-refractivity contribution >= 4 is 5.69 Å². The van der Waals surface area contributed by atoms with E-state index in [-0.39, 0.29) is 6.42 Å². The molecule has 0 atom stereocenters. The van der Waals surface area contributed by atoms with Crippen molar-refractivity contribution in [2.75, 3.05) is 12.8 Å². The van der Waals surface area contributed by atoms with Crippen molar-refractivity contribution in [1.82, 2.24) is 0 Å². The first-order chi connectivity index (χ1) is 9.74. The molecular formula is C16H16N2O2. The fourth-order valence-corrected chi connectivity index (χ4v) is 1.86. The fraction of sp³-hybridized carbons (Fsp3) is 0.188. The predicted octanol–water partition coefficient (Wildman–Crippen LogP) is 2.92. The molecule has 0 saturated heterocycles. The second kappa shape index (κ2) is 6.48. The number of methoxy groups -OCH3 is 1. The average Bonchev–Trinajstić information content (AvgIpc) is 2.48. The Labute approximate surface area is 118 Å². The van der Waals surface area contributed by atoms with Gasteiger partial charge in [0.05, 0.1) is 19.6 Å². The number of nitrogen functional groups attached to an aromatic ring is 1. The van der Waals surface area contributed by atoms with E-state index in [1.807, 2.05) is 30.3 Å². The van der Waals surface area contributed by atoms with Crippen LogP contribution in [-0.2, 0) is 13.0 Å². The van der Waals surface area contributed by atoms with Crippen molar-refractivity contribution in [3.8, 4) is 17.6 Å². The van der Waals surface area contributed by atoms with E-state index in [0.29, 0.717) is 23.8 Å². The normalized spacial score (nSPS) is 9.80. The van der Waals surface area contributed by atoms with Crippen LogP contribution in [0.4, 0.5) is 5.69 Å². The molecular weight excluding hydrogens is 252 g/mol. The third-order valence-corrected chi connectivity index (χ3v) is 2.93. The number of nitrogens with two attached hydrogens (primary N) is 1. The zero-order chi connectivity index (χ0) is 14.4. The second-order valence-corrected chi connectivity index (χ2v) is 4.31. The van der Waals surface area contributed by atoms with E-state index < -0.39 is 0 Å². The molecule has 0 heterocycles. The molecule has 0 aromatic heterocycles. The van der Waals surface area contributed by atoms with Crippen LogP contribution in [0.3, 0.4) is 0 Å². The minimum atomic E-state index is 0.248. The van der Waals surface area contributed by atoms with Crippen LogP contribution in [0.1, 0.15) is 11.1 Å². The van der Waals surface area contributed by atoms with Crippen LogP contribution in [0.15, 0.2) is 42.5 Å². The largest absolute Gasteiger partial charge is 0.493 e. The van der Waals surface area contributed by atoms with Gasteiger partial charge in [0.1, 0.15) is 6.61 Å². The molecule has 20 heavy (non-hydrogen) atoms. The van der Waals surface area contributed by atoms with Crippen molar-refractivity contribution < 1.29 is 9.47 Å². The molecule has 2 rings (SSSR count). The molecule has 0 radical (unpaired) electrons. The molecule has 2 aromatic carbocycles. The van der Waals surface area contributed by atoms with Crippen molar-refractivity contribution in [3.05, 3.63) is 53.6 Å². The smallest absolute Gasteiger partial charge is 0.162 e. The molecule has 4 heteroatoms. The highest BCUT2D eigenvalue weighted by atomic mass is 16.5. The third-order valence-electron chi connectivity index (χ3n) is 2.93. The van der Waals surface area contributed by atoms with E-state index in [2.05, 4.69) is 6.07 Å². The van der Waals surface area contributed by atoms with Crippen molar-refractivity contribution in [2.45, 2.75) is 13.0 Å². The van der Waals surface area contributed by atoms with E-state index in [0.717, 1.165) is 11.1 Å². The Morgan fingerprint density at radius 2 is 1.90 bits per heavy atom. The second-order valence-electron chi connectivity index (χ2n) is 4.31. The maximum Gasteiger partial charge on any atom is 0.162 e. The van der Waals surface area contributed by atoms with E-state index in [9.17, 15) is 0 Å². The lowest BCUT2D eigenvalue weighted by Crippen LogP contribution is -2.01. The highest BCUT2D eigenvalue weighted by Crippen LogP contribution is 2.32. The zero-order valence-corrected chi connectivity index (χ0v) is 11.3. The van der Waals surface area contributed by atoms with E-state index in [1.165, 1.54) is 0 Å². The molecule has 0 bridgehead atoms. The Morgan fingerprint density at radius 3 is 2.55 bits per heavy atom. The Hall–Kier alpha value is -2.67. The molecule has 0 amide bonds. The lowest BCUT2D eigenvalue weighted by atomic mass is 10.1. The molecule has 0 spiro atoms. The van der Waals surface area contributed by atoms with Gasteiger partial charge in [-0.3, -0.25) is 0 Å². The number of nitrogens with zero attached hydrogens (tertiary/aromatic N) is 1. The van der Waals surface area contributed by atoms with Gasteiger partial charge in [0.25, 0.3) is 0 Å². The van der Waals surface area contributed by atoms with Crippen molar-refractivity contribution in [1.29, 1.82) is 5.26 Å². The molecule has 0 aliphatic rings. The summed E-state index contributed by atoms with van der Waals surface area (Å²) in [7, 11) is 1.56. The van der Waals surface area contributed by atoms with Crippen LogP contribution in [0.2, 0.25) is 0 Å². The number of anilines is 1. The lowest BCUT2D eigenvalue weighted by molar-refractivity contribution is 0.284. The van der Waals surface area contributed by atoms with Gasteiger partial charge >= 0.3 is 0 Å². The summed E-state index contributed by atoms with van der Waals surface area (Å²) in [5.74, 6) is 1.16. The Kier molecular flexibility index (Phi) is 4.46. The van der Waals surface area contributed by atoms with Gasteiger partial charge in [-0.15, -0.1) is 0 Å². The van der Waals surface area contributed by atoms with Gasteiger partial charge in [-0.2, -0.15) is 5.26 Å². The first kappa shape index (κ1) is 13.8. The van der Waals surface area contributed by atoms with Crippen LogP contribution < -0.4 is 15.2 Å². The number of hydrogen-bond donors (Lipinski definition) is 1. The van der Waals surface area contributed by atoms with Crippen molar-refractivity contribution in [2.24, 2.45) is 0 Å². The Morgan fingerprint density at radius 1 is 1.15 bits per heavy atom. The number of hydrogen-bond acceptors (Lipinski definition) is 4. The number of rotatable bonds is 5. The topological polar surface area (TPSA) is 68.3 Å². The molecule has 0 fully saturated rings. The molecule has 2 N–H and O–H groups in total. The third kappa shape index (κ3) is 3.21. The van der Waals surface area contributed by atoms with Gasteiger partial charge < -0.3 is 15.2 Å². The van der Waals surface area contributed by atoms with Crippen LogP contribution in [-0.4, -0.2) is 7.11 Å². The molecule has 0 aliphatic heterocycles. The van der Waals surface area contributed by atoms with E-state index in [4.69, 9.17) is 20.5 Å². The zero-order valence-electron chi connectivity index (χ0n) is 11.3. The van der Waals surface area contributed by atoms with E-state index >= 15 is 0 Å². The molecule has 0 unspecified atom stereocenters. The maximum atomic E-state index is 8.79.